The van der Waals surface area contributed by atoms with Crippen molar-refractivity contribution < 1.29 is 10.2 Å². The molecule has 0 aliphatic rings. The van der Waals surface area contributed by atoms with Gasteiger partial charge in [0.2, 0.25) is 0 Å². The van der Waals surface area contributed by atoms with Crippen LogP contribution in [0.3, 0.4) is 0 Å². The maximum atomic E-state index is 11.7. The van der Waals surface area contributed by atoms with Crippen LogP contribution in [0, 0.1) is 10.8 Å². The maximum Gasteiger partial charge on any atom is 0.123 e. The van der Waals surface area contributed by atoms with E-state index in [1.165, 1.54) is 0 Å². The summed E-state index contributed by atoms with van der Waals surface area (Å²) in [7, 11) is 0. The quantitative estimate of drug-likeness (QED) is 0.511. The average molecular weight is 425 g/mol. The van der Waals surface area contributed by atoms with Gasteiger partial charge in [-0.2, -0.15) is 0 Å². The van der Waals surface area contributed by atoms with Crippen molar-refractivity contribution >= 4 is 0 Å². The molecule has 2 N–H and O–H groups in total. The molecule has 0 aromatic heterocycles. The summed E-state index contributed by atoms with van der Waals surface area (Å²) in [5, 5.41) is 22.1. The van der Waals surface area contributed by atoms with Crippen molar-refractivity contribution in [3.05, 3.63) is 58.7 Å². The van der Waals surface area contributed by atoms with E-state index in [0.29, 0.717) is 5.75 Å². The molecular formula is C29H44O2. The van der Waals surface area contributed by atoms with Gasteiger partial charge in [0.15, 0.2) is 0 Å². The summed E-state index contributed by atoms with van der Waals surface area (Å²) in [6.07, 6.45) is 0. The molecule has 0 radical (unpaired) electrons. The molecule has 2 aromatic carbocycles. The molecule has 2 heteroatoms. The van der Waals surface area contributed by atoms with E-state index < -0.39 is 5.41 Å². The predicted molar refractivity (Wildman–Crippen MR) is 133 cm³/mol. The maximum absolute atomic E-state index is 11.7. The fourth-order valence-corrected chi connectivity index (χ4v) is 5.96. The van der Waals surface area contributed by atoms with Crippen LogP contribution in [0.2, 0.25) is 0 Å². The lowest BCUT2D eigenvalue weighted by Gasteiger charge is -2.56. The second-order valence-corrected chi connectivity index (χ2v) is 13.2. The molecule has 0 saturated heterocycles. The highest BCUT2D eigenvalue weighted by Gasteiger charge is 2.55. The lowest BCUT2D eigenvalue weighted by molar-refractivity contribution is 0.0883. The van der Waals surface area contributed by atoms with Gasteiger partial charge in [0.1, 0.15) is 11.5 Å². The lowest BCUT2D eigenvalue weighted by atomic mass is 9.47. The Bertz CT molecular complexity index is 925. The summed E-state index contributed by atoms with van der Waals surface area (Å²) >= 11 is 0. The first kappa shape index (κ1) is 25.3. The molecule has 0 aliphatic carbocycles. The van der Waals surface area contributed by atoms with Crippen molar-refractivity contribution in [3.8, 4) is 11.5 Å². The summed E-state index contributed by atoms with van der Waals surface area (Å²) in [6, 6.07) is 12.0. The zero-order valence-corrected chi connectivity index (χ0v) is 21.9. The van der Waals surface area contributed by atoms with Crippen molar-refractivity contribution in [2.75, 3.05) is 0 Å². The third-order valence-electron chi connectivity index (χ3n) is 6.67. The molecule has 0 aliphatic heterocycles. The Kier molecular flexibility index (Phi) is 6.18. The molecule has 172 valence electrons. The highest BCUT2D eigenvalue weighted by molar-refractivity contribution is 5.59. The van der Waals surface area contributed by atoms with E-state index >= 15 is 0 Å². The summed E-state index contributed by atoms with van der Waals surface area (Å²) < 4.78 is 0. The van der Waals surface area contributed by atoms with Gasteiger partial charge in [0, 0.05) is 11.0 Å². The monoisotopic (exact) mass is 424 g/mol. The number of aromatic hydroxyl groups is 2. The molecule has 0 fully saturated rings. The molecule has 0 saturated carbocycles. The van der Waals surface area contributed by atoms with Crippen molar-refractivity contribution in [1.82, 2.24) is 0 Å². The van der Waals surface area contributed by atoms with Gasteiger partial charge in [0.05, 0.1) is 0 Å². The molecule has 0 atom stereocenters. The van der Waals surface area contributed by atoms with Crippen molar-refractivity contribution in [1.29, 1.82) is 0 Å². The first-order valence-electron chi connectivity index (χ1n) is 11.4. The van der Waals surface area contributed by atoms with Crippen molar-refractivity contribution in [2.45, 2.75) is 99.3 Å². The minimum Gasteiger partial charge on any atom is -0.508 e. The second-order valence-electron chi connectivity index (χ2n) is 13.2. The van der Waals surface area contributed by atoms with Crippen LogP contribution in [0.25, 0.3) is 0 Å². The van der Waals surface area contributed by atoms with Gasteiger partial charge in [-0.15, -0.1) is 0 Å². The minimum absolute atomic E-state index is 0.167. The topological polar surface area (TPSA) is 40.5 Å². The zero-order valence-electron chi connectivity index (χ0n) is 21.9. The van der Waals surface area contributed by atoms with Gasteiger partial charge in [-0.05, 0) is 50.5 Å². The van der Waals surface area contributed by atoms with Crippen molar-refractivity contribution in [2.24, 2.45) is 10.8 Å². The molecule has 0 spiro atoms. The zero-order chi connectivity index (χ0) is 24.2. The Balaban J connectivity index is 3.20. The summed E-state index contributed by atoms with van der Waals surface area (Å²) in [6.45, 7) is 26.6. The van der Waals surface area contributed by atoms with Crippen LogP contribution in [0.1, 0.15) is 105 Å². The van der Waals surface area contributed by atoms with E-state index in [9.17, 15) is 10.2 Å². The molecule has 2 nitrogen and oxygen atoms in total. The van der Waals surface area contributed by atoms with Crippen LogP contribution in [0.4, 0.5) is 0 Å². The SMILES string of the molecule is CC(C)(C)c1ccc(C(c2cccc(O)c2)(C(C)(C)C)C(C)(C)C)c(C(C)(C)C)c1O. The molecule has 2 aromatic rings. The average Bonchev–Trinajstić information content (AvgIpc) is 2.50. The summed E-state index contributed by atoms with van der Waals surface area (Å²) in [4.78, 5) is 0. The van der Waals surface area contributed by atoms with Crippen molar-refractivity contribution in [3.63, 3.8) is 0 Å². The predicted octanol–water partition coefficient (Wildman–Crippen LogP) is 8.07. The Hall–Kier alpha value is -1.96. The van der Waals surface area contributed by atoms with Gasteiger partial charge in [-0.25, -0.2) is 0 Å². The number of benzene rings is 2. The first-order chi connectivity index (χ1) is 13.8. The lowest BCUT2D eigenvalue weighted by Crippen LogP contribution is -2.52. The Morgan fingerprint density at radius 3 is 1.45 bits per heavy atom. The second kappa shape index (κ2) is 7.57. The van der Waals surface area contributed by atoms with E-state index in [-0.39, 0.29) is 27.4 Å². The molecule has 2 rings (SSSR count). The van der Waals surface area contributed by atoms with Crippen LogP contribution >= 0.6 is 0 Å². The number of hydrogen-bond acceptors (Lipinski definition) is 2. The standard InChI is InChI=1S/C29H44O2/c1-25(2,3)22-17-16-21(23(24(22)31)26(4,5)6)29(27(7,8)9,28(10,11)12)19-14-13-15-20(30)18-19/h13-18,30-31H,1-12H3. The van der Waals surface area contributed by atoms with Gasteiger partial charge < -0.3 is 10.2 Å². The molecule has 0 heterocycles. The van der Waals surface area contributed by atoms with E-state index in [2.05, 4.69) is 101 Å². The van der Waals surface area contributed by atoms with Crippen LogP contribution in [-0.4, -0.2) is 10.2 Å². The number of hydrogen-bond donors (Lipinski definition) is 2. The molecular weight excluding hydrogens is 380 g/mol. The largest absolute Gasteiger partial charge is 0.508 e. The number of rotatable bonds is 2. The Morgan fingerprint density at radius 1 is 0.581 bits per heavy atom. The van der Waals surface area contributed by atoms with Gasteiger partial charge in [-0.1, -0.05) is 107 Å². The Labute approximate surface area is 190 Å². The third-order valence-corrected chi connectivity index (χ3v) is 6.67. The highest BCUT2D eigenvalue weighted by atomic mass is 16.3. The third kappa shape index (κ3) is 4.23. The van der Waals surface area contributed by atoms with Crippen LogP contribution < -0.4 is 0 Å². The molecule has 0 bridgehead atoms. The minimum atomic E-state index is -0.463. The summed E-state index contributed by atoms with van der Waals surface area (Å²) in [5.41, 5.74) is 2.87. The van der Waals surface area contributed by atoms with E-state index in [4.69, 9.17) is 0 Å². The van der Waals surface area contributed by atoms with E-state index in [1.807, 2.05) is 12.1 Å². The van der Waals surface area contributed by atoms with Crippen LogP contribution in [0.5, 0.6) is 11.5 Å². The van der Waals surface area contributed by atoms with Crippen LogP contribution in [0.15, 0.2) is 36.4 Å². The summed E-state index contributed by atoms with van der Waals surface area (Å²) in [5.74, 6) is 0.666. The molecule has 0 unspecified atom stereocenters. The Morgan fingerprint density at radius 2 is 1.06 bits per heavy atom. The van der Waals surface area contributed by atoms with E-state index in [0.717, 1.165) is 22.3 Å². The number of phenols is 2. The molecule has 0 amide bonds. The van der Waals surface area contributed by atoms with Crippen LogP contribution in [-0.2, 0) is 16.2 Å². The normalized spacial score (nSPS) is 14.1. The smallest absolute Gasteiger partial charge is 0.123 e. The fourth-order valence-electron chi connectivity index (χ4n) is 5.96. The van der Waals surface area contributed by atoms with E-state index in [1.54, 1.807) is 6.07 Å². The number of phenolic OH excluding ortho intramolecular Hbond substituents is 2. The van der Waals surface area contributed by atoms with Gasteiger partial charge in [0.25, 0.3) is 0 Å². The highest BCUT2D eigenvalue weighted by Crippen LogP contribution is 2.60. The first-order valence-corrected chi connectivity index (χ1v) is 11.4. The van der Waals surface area contributed by atoms with Gasteiger partial charge >= 0.3 is 0 Å². The fraction of sp³-hybridized carbons (Fsp3) is 0.586. The van der Waals surface area contributed by atoms with Gasteiger partial charge in [-0.3, -0.25) is 0 Å². The molecule has 31 heavy (non-hydrogen) atoms.